The van der Waals surface area contributed by atoms with Gasteiger partial charge in [-0.15, -0.1) is 22.9 Å². The van der Waals surface area contributed by atoms with Gasteiger partial charge in [-0.2, -0.15) is 4.31 Å². The minimum Gasteiger partial charge on any atom is -0.299 e. The van der Waals surface area contributed by atoms with Crippen molar-refractivity contribution in [2.75, 3.05) is 26.7 Å². The third kappa shape index (κ3) is 3.36. The van der Waals surface area contributed by atoms with E-state index < -0.39 is 10.0 Å². The smallest absolute Gasteiger partial charge is 0.243 e. The number of thiophene rings is 1. The molecule has 0 spiro atoms. The highest BCUT2D eigenvalue weighted by Gasteiger charge is 2.29. The lowest BCUT2D eigenvalue weighted by Crippen LogP contribution is -2.41. The summed E-state index contributed by atoms with van der Waals surface area (Å²) in [5.41, 5.74) is 0. The highest BCUT2D eigenvalue weighted by molar-refractivity contribution is 7.89. The van der Waals surface area contributed by atoms with Gasteiger partial charge in [0.05, 0.1) is 10.8 Å². The Morgan fingerprint density at radius 3 is 2.90 bits per heavy atom. The molecule has 0 radical (unpaired) electrons. The standard InChI is InChI=1S/C13H21ClN2O2S2/c1-3-16-6-4-5-11(16)9-15(2)20(17,18)13-7-12(8-14)19-10-13/h7,10-11H,3-6,8-9H2,1-2H3. The van der Waals surface area contributed by atoms with Crippen LogP contribution in [0.1, 0.15) is 24.6 Å². The number of sulfonamides is 1. The van der Waals surface area contributed by atoms with Crippen LogP contribution in [0.3, 0.4) is 0 Å². The zero-order valence-corrected chi connectivity index (χ0v) is 14.3. The van der Waals surface area contributed by atoms with Crippen molar-refractivity contribution in [2.24, 2.45) is 0 Å². The Hall–Kier alpha value is -0.140. The second-order valence-corrected chi connectivity index (χ2v) is 8.40. The number of hydrogen-bond acceptors (Lipinski definition) is 4. The minimum atomic E-state index is -3.39. The molecule has 1 aliphatic rings. The van der Waals surface area contributed by atoms with Gasteiger partial charge < -0.3 is 0 Å². The van der Waals surface area contributed by atoms with Crippen molar-refractivity contribution in [3.63, 3.8) is 0 Å². The van der Waals surface area contributed by atoms with E-state index in [-0.39, 0.29) is 0 Å². The summed E-state index contributed by atoms with van der Waals surface area (Å²) in [7, 11) is -1.72. The zero-order chi connectivity index (χ0) is 14.8. The average Bonchev–Trinajstić information content (AvgIpc) is 3.07. The summed E-state index contributed by atoms with van der Waals surface area (Å²) in [6.45, 7) is 4.73. The fraction of sp³-hybridized carbons (Fsp3) is 0.692. The fourth-order valence-electron chi connectivity index (χ4n) is 2.66. The van der Waals surface area contributed by atoms with Crippen LogP contribution in [0.15, 0.2) is 16.3 Å². The van der Waals surface area contributed by atoms with Gasteiger partial charge >= 0.3 is 0 Å². The van der Waals surface area contributed by atoms with E-state index in [4.69, 9.17) is 11.6 Å². The Kier molecular flexibility index (Phi) is 5.48. The Morgan fingerprint density at radius 1 is 1.55 bits per heavy atom. The predicted molar refractivity (Wildman–Crippen MR) is 84.0 cm³/mol. The first-order valence-corrected chi connectivity index (χ1v) is 9.68. The molecular weight excluding hydrogens is 316 g/mol. The van der Waals surface area contributed by atoms with Gasteiger partial charge in [-0.3, -0.25) is 4.90 Å². The lowest BCUT2D eigenvalue weighted by Gasteiger charge is -2.27. The first-order chi connectivity index (χ1) is 9.48. The molecule has 0 aliphatic carbocycles. The quantitative estimate of drug-likeness (QED) is 0.750. The maximum Gasteiger partial charge on any atom is 0.243 e. The molecule has 2 heterocycles. The molecule has 2 rings (SSSR count). The van der Waals surface area contributed by atoms with Crippen LogP contribution in [0.2, 0.25) is 0 Å². The number of nitrogens with zero attached hydrogens (tertiary/aromatic N) is 2. The van der Waals surface area contributed by atoms with Crippen LogP contribution in [-0.4, -0.2) is 50.3 Å². The van der Waals surface area contributed by atoms with Gasteiger partial charge in [-0.1, -0.05) is 6.92 Å². The summed E-state index contributed by atoms with van der Waals surface area (Å²) in [6, 6.07) is 2.02. The molecule has 1 atom stereocenters. The van der Waals surface area contributed by atoms with E-state index in [2.05, 4.69) is 11.8 Å². The Labute approximate surface area is 130 Å². The lowest BCUT2D eigenvalue weighted by atomic mass is 10.2. The molecule has 114 valence electrons. The number of alkyl halides is 1. The van der Waals surface area contributed by atoms with Gasteiger partial charge in [0.25, 0.3) is 0 Å². The Bertz CT molecular complexity index is 544. The summed E-state index contributed by atoms with van der Waals surface area (Å²) in [4.78, 5) is 3.60. The van der Waals surface area contributed by atoms with Crippen LogP contribution >= 0.6 is 22.9 Å². The second kappa shape index (κ2) is 6.75. The molecule has 1 aliphatic heterocycles. The van der Waals surface area contributed by atoms with Crippen molar-refractivity contribution in [1.82, 2.24) is 9.21 Å². The van der Waals surface area contributed by atoms with Crippen LogP contribution in [0.25, 0.3) is 0 Å². The molecule has 0 amide bonds. The molecule has 1 saturated heterocycles. The van der Waals surface area contributed by atoms with Crippen LogP contribution < -0.4 is 0 Å². The fourth-order valence-corrected chi connectivity index (χ4v) is 5.24. The van der Waals surface area contributed by atoms with Gasteiger partial charge in [0, 0.05) is 29.9 Å². The van der Waals surface area contributed by atoms with Crippen molar-refractivity contribution >= 4 is 33.0 Å². The molecule has 0 bridgehead atoms. The number of likely N-dealkylation sites (tertiary alicyclic amines) is 1. The van der Waals surface area contributed by atoms with E-state index in [0.717, 1.165) is 30.8 Å². The summed E-state index contributed by atoms with van der Waals surface area (Å²) in [5.74, 6) is 0.357. The summed E-state index contributed by atoms with van der Waals surface area (Å²) in [6.07, 6.45) is 2.23. The van der Waals surface area contributed by atoms with Gasteiger partial charge in [0.15, 0.2) is 0 Å². The van der Waals surface area contributed by atoms with Gasteiger partial charge in [-0.05, 0) is 32.0 Å². The molecule has 4 nitrogen and oxygen atoms in total. The zero-order valence-electron chi connectivity index (χ0n) is 11.9. The number of likely N-dealkylation sites (N-methyl/N-ethyl adjacent to an activating group) is 2. The van der Waals surface area contributed by atoms with Gasteiger partial charge in [-0.25, -0.2) is 8.42 Å². The average molecular weight is 337 g/mol. The van der Waals surface area contributed by atoms with Crippen LogP contribution in [0.5, 0.6) is 0 Å². The van der Waals surface area contributed by atoms with E-state index in [1.54, 1.807) is 18.5 Å². The third-order valence-corrected chi connectivity index (χ3v) is 7.18. The van der Waals surface area contributed by atoms with E-state index in [9.17, 15) is 8.42 Å². The molecule has 1 aromatic rings. The molecule has 20 heavy (non-hydrogen) atoms. The van der Waals surface area contributed by atoms with Crippen LogP contribution in [0, 0.1) is 0 Å². The summed E-state index contributed by atoms with van der Waals surface area (Å²) >= 11 is 7.13. The largest absolute Gasteiger partial charge is 0.299 e. The van der Waals surface area contributed by atoms with Crippen molar-refractivity contribution in [2.45, 2.75) is 36.6 Å². The molecule has 0 saturated carbocycles. The lowest BCUT2D eigenvalue weighted by molar-refractivity contribution is 0.238. The van der Waals surface area contributed by atoms with E-state index >= 15 is 0 Å². The highest BCUT2D eigenvalue weighted by atomic mass is 35.5. The minimum absolute atomic E-state index is 0.339. The number of rotatable bonds is 6. The van der Waals surface area contributed by atoms with Crippen LogP contribution in [0.4, 0.5) is 0 Å². The third-order valence-electron chi connectivity index (χ3n) is 3.84. The number of hydrogen-bond donors (Lipinski definition) is 0. The summed E-state index contributed by atoms with van der Waals surface area (Å²) < 4.78 is 26.5. The second-order valence-electron chi connectivity index (χ2n) is 5.09. The predicted octanol–water partition coefficient (Wildman–Crippen LogP) is 2.59. The summed E-state index contributed by atoms with van der Waals surface area (Å²) in [5, 5.41) is 1.68. The van der Waals surface area contributed by atoms with Crippen molar-refractivity contribution in [1.29, 1.82) is 0 Å². The normalized spacial score (nSPS) is 20.9. The molecule has 1 aromatic heterocycles. The maximum atomic E-state index is 12.5. The van der Waals surface area contributed by atoms with Crippen LogP contribution in [-0.2, 0) is 15.9 Å². The van der Waals surface area contributed by atoms with E-state index in [0.29, 0.717) is 23.4 Å². The molecule has 7 heteroatoms. The van der Waals surface area contributed by atoms with Gasteiger partial charge in [0.2, 0.25) is 10.0 Å². The monoisotopic (exact) mass is 336 g/mol. The Balaban J connectivity index is 2.09. The highest BCUT2D eigenvalue weighted by Crippen LogP contribution is 2.25. The van der Waals surface area contributed by atoms with Crippen molar-refractivity contribution in [3.8, 4) is 0 Å². The molecule has 1 fully saturated rings. The Morgan fingerprint density at radius 2 is 2.30 bits per heavy atom. The van der Waals surface area contributed by atoms with E-state index in [1.807, 2.05) is 0 Å². The molecule has 1 unspecified atom stereocenters. The molecular formula is C13H21ClN2O2S2. The SMILES string of the molecule is CCN1CCCC1CN(C)S(=O)(=O)c1csc(CCl)c1. The first kappa shape index (κ1) is 16.2. The first-order valence-electron chi connectivity index (χ1n) is 6.82. The maximum absolute atomic E-state index is 12.5. The molecule has 0 N–H and O–H groups in total. The molecule has 0 aromatic carbocycles. The van der Waals surface area contributed by atoms with Crippen molar-refractivity contribution in [3.05, 3.63) is 16.3 Å². The van der Waals surface area contributed by atoms with E-state index in [1.165, 1.54) is 15.6 Å². The van der Waals surface area contributed by atoms with Crippen molar-refractivity contribution < 1.29 is 8.42 Å². The van der Waals surface area contributed by atoms with Gasteiger partial charge in [0.1, 0.15) is 0 Å². The number of halogens is 1. The topological polar surface area (TPSA) is 40.6 Å².